The molecule has 4 heteroatoms. The summed E-state index contributed by atoms with van der Waals surface area (Å²) in [6.45, 7) is 4.01. The van der Waals surface area contributed by atoms with Crippen LogP contribution in [0.25, 0.3) is 0 Å². The molecule has 1 aliphatic heterocycles. The number of nitrogens with zero attached hydrogens (tertiary/aromatic N) is 1. The van der Waals surface area contributed by atoms with Gasteiger partial charge < -0.3 is 10.5 Å². The summed E-state index contributed by atoms with van der Waals surface area (Å²) in [5.74, 6) is 0.692. The van der Waals surface area contributed by atoms with Crippen molar-refractivity contribution < 1.29 is 4.74 Å². The smallest absolute Gasteiger partial charge is 0.143 e. The minimum atomic E-state index is 0.648. The number of rotatable bonds is 4. The molecule has 0 spiro atoms. The number of anilines is 1. The minimum absolute atomic E-state index is 0.648. The van der Waals surface area contributed by atoms with Crippen LogP contribution in [0.1, 0.15) is 25.7 Å². The van der Waals surface area contributed by atoms with Crippen molar-refractivity contribution in [3.8, 4) is 5.75 Å². The van der Waals surface area contributed by atoms with E-state index >= 15 is 0 Å². The van der Waals surface area contributed by atoms with Gasteiger partial charge in [-0.15, -0.1) is 0 Å². The second kappa shape index (κ2) is 6.86. The fraction of sp³-hybridized carbons (Fsp3) is 0.571. The van der Waals surface area contributed by atoms with Gasteiger partial charge in [0.2, 0.25) is 0 Å². The van der Waals surface area contributed by atoms with E-state index in [1.165, 1.54) is 38.8 Å². The number of nitrogen functional groups attached to an aromatic ring is 1. The van der Waals surface area contributed by atoms with E-state index in [4.69, 9.17) is 22.1 Å². The summed E-state index contributed by atoms with van der Waals surface area (Å²) in [6, 6.07) is 5.33. The lowest BCUT2D eigenvalue weighted by Gasteiger charge is -2.20. The Morgan fingerprint density at radius 3 is 2.61 bits per heavy atom. The Kier molecular flexibility index (Phi) is 5.14. The number of ether oxygens (including phenoxy) is 1. The fourth-order valence-electron chi connectivity index (χ4n) is 2.28. The maximum Gasteiger partial charge on any atom is 0.143 e. The van der Waals surface area contributed by atoms with Gasteiger partial charge >= 0.3 is 0 Å². The van der Waals surface area contributed by atoms with Crippen LogP contribution in [0.5, 0.6) is 5.75 Å². The molecule has 0 amide bonds. The summed E-state index contributed by atoms with van der Waals surface area (Å²) in [7, 11) is 0. The predicted octanol–water partition coefficient (Wildman–Crippen LogP) is 3.18. The summed E-state index contributed by atoms with van der Waals surface area (Å²) >= 11 is 5.92. The van der Waals surface area contributed by atoms with Crippen LogP contribution >= 0.6 is 11.6 Å². The first-order valence-corrected chi connectivity index (χ1v) is 7.04. The van der Waals surface area contributed by atoms with Gasteiger partial charge in [0.05, 0.1) is 5.69 Å². The van der Waals surface area contributed by atoms with E-state index in [0.717, 1.165) is 6.54 Å². The fourth-order valence-corrected chi connectivity index (χ4v) is 2.44. The summed E-state index contributed by atoms with van der Waals surface area (Å²) in [5, 5.41) is 0.661. The zero-order chi connectivity index (χ0) is 12.8. The molecule has 1 aliphatic rings. The van der Waals surface area contributed by atoms with Crippen LogP contribution in [0.3, 0.4) is 0 Å². The van der Waals surface area contributed by atoms with Crippen molar-refractivity contribution in [2.45, 2.75) is 25.7 Å². The molecule has 100 valence electrons. The maximum absolute atomic E-state index is 5.92. The Balaban J connectivity index is 1.78. The SMILES string of the molecule is Nc1ccc(Cl)cc1OCCN1CCCCCC1. The van der Waals surface area contributed by atoms with Gasteiger partial charge in [0, 0.05) is 17.6 Å². The monoisotopic (exact) mass is 268 g/mol. The summed E-state index contributed by atoms with van der Waals surface area (Å²) in [5.41, 5.74) is 6.48. The van der Waals surface area contributed by atoms with Crippen molar-refractivity contribution in [3.05, 3.63) is 23.2 Å². The molecule has 2 N–H and O–H groups in total. The standard InChI is InChI=1S/C14H21ClN2O/c15-12-5-6-13(16)14(11-12)18-10-9-17-7-3-1-2-4-8-17/h5-6,11H,1-4,7-10,16H2. The average Bonchev–Trinajstić information content (AvgIpc) is 2.62. The Morgan fingerprint density at radius 1 is 1.17 bits per heavy atom. The first-order chi connectivity index (χ1) is 8.75. The maximum atomic E-state index is 5.92. The van der Waals surface area contributed by atoms with Crippen LogP contribution in [0.2, 0.25) is 5.02 Å². The summed E-state index contributed by atoms with van der Waals surface area (Å²) < 4.78 is 5.71. The lowest BCUT2D eigenvalue weighted by molar-refractivity contribution is 0.214. The first-order valence-electron chi connectivity index (χ1n) is 6.66. The molecule has 0 aliphatic carbocycles. The number of nitrogens with two attached hydrogens (primary N) is 1. The molecular weight excluding hydrogens is 248 g/mol. The highest BCUT2D eigenvalue weighted by atomic mass is 35.5. The third kappa shape index (κ3) is 4.07. The molecule has 1 aromatic carbocycles. The molecule has 0 atom stereocenters. The van der Waals surface area contributed by atoms with E-state index in [0.29, 0.717) is 23.1 Å². The number of hydrogen-bond acceptors (Lipinski definition) is 3. The van der Waals surface area contributed by atoms with Crippen molar-refractivity contribution in [2.24, 2.45) is 0 Å². The molecule has 0 aromatic heterocycles. The van der Waals surface area contributed by atoms with Gasteiger partial charge in [0.1, 0.15) is 12.4 Å². The zero-order valence-electron chi connectivity index (χ0n) is 10.7. The van der Waals surface area contributed by atoms with E-state index in [-0.39, 0.29) is 0 Å². The molecule has 1 aromatic rings. The minimum Gasteiger partial charge on any atom is -0.490 e. The van der Waals surface area contributed by atoms with Crippen LogP contribution in [0, 0.1) is 0 Å². The average molecular weight is 269 g/mol. The van der Waals surface area contributed by atoms with E-state index in [1.54, 1.807) is 18.2 Å². The van der Waals surface area contributed by atoms with Crippen molar-refractivity contribution in [1.29, 1.82) is 0 Å². The number of hydrogen-bond donors (Lipinski definition) is 1. The number of likely N-dealkylation sites (tertiary alicyclic amines) is 1. The quantitative estimate of drug-likeness (QED) is 0.853. The highest BCUT2D eigenvalue weighted by Gasteiger charge is 2.09. The number of benzene rings is 1. The third-order valence-corrected chi connectivity index (χ3v) is 3.57. The third-order valence-electron chi connectivity index (χ3n) is 3.34. The Hall–Kier alpha value is -0.930. The second-order valence-corrected chi connectivity index (χ2v) is 5.22. The Bertz CT molecular complexity index is 376. The van der Waals surface area contributed by atoms with Gasteiger partial charge in [0.25, 0.3) is 0 Å². The molecule has 0 unspecified atom stereocenters. The molecule has 2 rings (SSSR count). The van der Waals surface area contributed by atoms with E-state index in [2.05, 4.69) is 4.90 Å². The predicted molar refractivity (Wildman–Crippen MR) is 76.3 cm³/mol. The molecule has 1 fully saturated rings. The van der Waals surface area contributed by atoms with Crippen LogP contribution in [0.4, 0.5) is 5.69 Å². The van der Waals surface area contributed by atoms with E-state index < -0.39 is 0 Å². The van der Waals surface area contributed by atoms with Crippen LogP contribution in [-0.2, 0) is 0 Å². The molecule has 1 heterocycles. The van der Waals surface area contributed by atoms with Crippen LogP contribution in [-0.4, -0.2) is 31.1 Å². The van der Waals surface area contributed by atoms with Gasteiger partial charge in [0.15, 0.2) is 0 Å². The van der Waals surface area contributed by atoms with E-state index in [1.807, 2.05) is 0 Å². The molecule has 3 nitrogen and oxygen atoms in total. The first kappa shape index (κ1) is 13.5. The lowest BCUT2D eigenvalue weighted by atomic mass is 10.2. The van der Waals surface area contributed by atoms with E-state index in [9.17, 15) is 0 Å². The van der Waals surface area contributed by atoms with Gasteiger partial charge in [-0.05, 0) is 38.1 Å². The number of halogens is 1. The van der Waals surface area contributed by atoms with Gasteiger partial charge in [-0.25, -0.2) is 0 Å². The highest BCUT2D eigenvalue weighted by molar-refractivity contribution is 6.30. The van der Waals surface area contributed by atoms with Gasteiger partial charge in [-0.1, -0.05) is 24.4 Å². The van der Waals surface area contributed by atoms with Crippen molar-refractivity contribution >= 4 is 17.3 Å². The summed E-state index contributed by atoms with van der Waals surface area (Å²) in [6.07, 6.45) is 5.33. The zero-order valence-corrected chi connectivity index (χ0v) is 11.5. The van der Waals surface area contributed by atoms with Crippen LogP contribution in [0.15, 0.2) is 18.2 Å². The summed E-state index contributed by atoms with van der Waals surface area (Å²) in [4.78, 5) is 2.47. The molecule has 0 bridgehead atoms. The highest BCUT2D eigenvalue weighted by Crippen LogP contribution is 2.25. The van der Waals surface area contributed by atoms with Gasteiger partial charge in [-0.3, -0.25) is 4.90 Å². The molecule has 1 saturated heterocycles. The van der Waals surface area contributed by atoms with Gasteiger partial charge in [-0.2, -0.15) is 0 Å². The normalized spacial score (nSPS) is 17.4. The van der Waals surface area contributed by atoms with Crippen molar-refractivity contribution in [1.82, 2.24) is 4.90 Å². The molecule has 18 heavy (non-hydrogen) atoms. The lowest BCUT2D eigenvalue weighted by Crippen LogP contribution is -2.29. The Morgan fingerprint density at radius 2 is 1.89 bits per heavy atom. The van der Waals surface area contributed by atoms with Crippen LogP contribution < -0.4 is 10.5 Å². The molecule has 0 radical (unpaired) electrons. The largest absolute Gasteiger partial charge is 0.490 e. The topological polar surface area (TPSA) is 38.5 Å². The second-order valence-electron chi connectivity index (χ2n) is 4.79. The van der Waals surface area contributed by atoms with Crippen molar-refractivity contribution in [2.75, 3.05) is 32.0 Å². The molecular formula is C14H21ClN2O. The molecule has 0 saturated carbocycles. The van der Waals surface area contributed by atoms with Crippen molar-refractivity contribution in [3.63, 3.8) is 0 Å². The Labute approximate surface area is 114 Å².